The molecule has 10 heavy (non-hydrogen) atoms. The van der Waals surface area contributed by atoms with Gasteiger partial charge in [-0.15, -0.1) is 0 Å². The maximum absolute atomic E-state index is 5.12. The summed E-state index contributed by atoms with van der Waals surface area (Å²) < 4.78 is 4.90. The van der Waals surface area contributed by atoms with Crippen LogP contribution in [0.15, 0.2) is 0 Å². The highest BCUT2D eigenvalue weighted by Crippen LogP contribution is 1.98. The lowest BCUT2D eigenvalue weighted by Gasteiger charge is -2.01. The van der Waals surface area contributed by atoms with Crippen molar-refractivity contribution < 1.29 is 4.74 Å². The Morgan fingerprint density at radius 1 is 1.40 bits per heavy atom. The summed E-state index contributed by atoms with van der Waals surface area (Å²) in [7, 11) is 0. The van der Waals surface area contributed by atoms with E-state index < -0.39 is 0 Å². The molecule has 0 aromatic rings. The van der Waals surface area contributed by atoms with Crippen LogP contribution in [-0.4, -0.2) is 11.8 Å². The molecule has 0 atom stereocenters. The van der Waals surface area contributed by atoms with Crippen molar-refractivity contribution in [1.29, 1.82) is 0 Å². The van der Waals surface area contributed by atoms with E-state index in [0.29, 0.717) is 6.61 Å². The van der Waals surface area contributed by atoms with Crippen LogP contribution >= 0.6 is 12.2 Å². The summed E-state index contributed by atoms with van der Waals surface area (Å²) in [4.78, 5) is 0. The highest BCUT2D eigenvalue weighted by atomic mass is 32.1. The molecule has 0 aliphatic rings. The van der Waals surface area contributed by atoms with E-state index in [2.05, 4.69) is 19.1 Å². The molecule has 2 N–H and O–H groups in total. The molecule has 0 rings (SSSR count). The molecule has 2 nitrogen and oxygen atoms in total. The molecule has 0 saturated carbocycles. The third kappa shape index (κ3) is 7.69. The van der Waals surface area contributed by atoms with Gasteiger partial charge in [-0.1, -0.05) is 26.2 Å². The van der Waals surface area contributed by atoms with Gasteiger partial charge in [0.2, 0.25) is 0 Å². The minimum atomic E-state index is 0.163. The molecule has 0 aliphatic carbocycles. The number of thiocarbonyl (C=S) groups is 1. The molecule has 0 aromatic carbocycles. The number of hydrogen-bond acceptors (Lipinski definition) is 2. The average Bonchev–Trinajstić information content (AvgIpc) is 1.87. The van der Waals surface area contributed by atoms with Crippen molar-refractivity contribution in [2.75, 3.05) is 6.61 Å². The Morgan fingerprint density at radius 2 is 2.10 bits per heavy atom. The van der Waals surface area contributed by atoms with E-state index in [1.54, 1.807) is 0 Å². The minimum absolute atomic E-state index is 0.163. The summed E-state index contributed by atoms with van der Waals surface area (Å²) in [5.74, 6) is 0. The van der Waals surface area contributed by atoms with Crippen LogP contribution in [0.3, 0.4) is 0 Å². The second kappa shape index (κ2) is 6.81. The topological polar surface area (TPSA) is 35.2 Å². The highest BCUT2D eigenvalue weighted by molar-refractivity contribution is 7.80. The molecule has 0 fully saturated rings. The van der Waals surface area contributed by atoms with E-state index >= 15 is 0 Å². The van der Waals surface area contributed by atoms with Crippen LogP contribution < -0.4 is 5.73 Å². The molecular formula is C7H15NOS. The SMILES string of the molecule is CCCCCCOC(N)=S. The first-order valence-corrected chi connectivity index (χ1v) is 4.10. The second-order valence-corrected chi connectivity index (χ2v) is 2.63. The number of unbranched alkanes of at least 4 members (excludes halogenated alkanes) is 3. The van der Waals surface area contributed by atoms with Gasteiger partial charge < -0.3 is 10.5 Å². The van der Waals surface area contributed by atoms with Crippen LogP contribution in [0.25, 0.3) is 0 Å². The van der Waals surface area contributed by atoms with Crippen molar-refractivity contribution in [3.63, 3.8) is 0 Å². The van der Waals surface area contributed by atoms with E-state index in [0.717, 1.165) is 6.42 Å². The van der Waals surface area contributed by atoms with Gasteiger partial charge in [-0.25, -0.2) is 0 Å². The maximum atomic E-state index is 5.12. The first-order chi connectivity index (χ1) is 4.77. The van der Waals surface area contributed by atoms with Gasteiger partial charge in [-0.05, 0) is 18.6 Å². The van der Waals surface area contributed by atoms with Gasteiger partial charge >= 0.3 is 0 Å². The third-order valence-electron chi connectivity index (χ3n) is 1.24. The van der Waals surface area contributed by atoms with Crippen LogP contribution in [-0.2, 0) is 4.74 Å². The van der Waals surface area contributed by atoms with Crippen LogP contribution in [0.5, 0.6) is 0 Å². The Morgan fingerprint density at radius 3 is 2.60 bits per heavy atom. The fraction of sp³-hybridized carbons (Fsp3) is 0.857. The van der Waals surface area contributed by atoms with Crippen molar-refractivity contribution in [1.82, 2.24) is 0 Å². The Kier molecular flexibility index (Phi) is 6.59. The van der Waals surface area contributed by atoms with Gasteiger partial charge in [-0.3, -0.25) is 0 Å². The van der Waals surface area contributed by atoms with E-state index in [1.165, 1.54) is 19.3 Å². The zero-order chi connectivity index (χ0) is 7.82. The standard InChI is InChI=1S/C7H15NOS/c1-2-3-4-5-6-9-7(8)10/h2-6H2,1H3,(H2,8,10). The van der Waals surface area contributed by atoms with E-state index in [1.807, 2.05) is 0 Å². The number of rotatable bonds is 5. The summed E-state index contributed by atoms with van der Waals surface area (Å²) in [6.07, 6.45) is 4.78. The lowest BCUT2D eigenvalue weighted by atomic mass is 10.2. The number of hydrogen-bond donors (Lipinski definition) is 1. The molecule has 0 spiro atoms. The highest BCUT2D eigenvalue weighted by Gasteiger charge is 1.89. The van der Waals surface area contributed by atoms with Gasteiger partial charge in [0.1, 0.15) is 0 Å². The van der Waals surface area contributed by atoms with Crippen molar-refractivity contribution in [2.24, 2.45) is 5.73 Å². The molecule has 0 unspecified atom stereocenters. The lowest BCUT2D eigenvalue weighted by Crippen LogP contribution is -2.13. The molecule has 0 aliphatic heterocycles. The van der Waals surface area contributed by atoms with Crippen molar-refractivity contribution >= 4 is 17.4 Å². The van der Waals surface area contributed by atoms with Gasteiger partial charge in [0, 0.05) is 0 Å². The summed E-state index contributed by atoms with van der Waals surface area (Å²) in [5, 5.41) is 0.163. The zero-order valence-electron chi connectivity index (χ0n) is 6.43. The van der Waals surface area contributed by atoms with E-state index in [4.69, 9.17) is 10.5 Å². The average molecular weight is 161 g/mol. The molecule has 60 valence electrons. The predicted octanol–water partition coefficient (Wildman–Crippen LogP) is 1.83. The van der Waals surface area contributed by atoms with E-state index in [9.17, 15) is 0 Å². The van der Waals surface area contributed by atoms with Gasteiger partial charge in [0.25, 0.3) is 5.17 Å². The first-order valence-electron chi connectivity index (χ1n) is 3.69. The van der Waals surface area contributed by atoms with Gasteiger partial charge in [0.05, 0.1) is 6.61 Å². The zero-order valence-corrected chi connectivity index (χ0v) is 7.25. The van der Waals surface area contributed by atoms with Gasteiger partial charge in [-0.2, -0.15) is 0 Å². The molecule has 0 amide bonds. The molecule has 0 bridgehead atoms. The Hall–Kier alpha value is -0.310. The first kappa shape index (κ1) is 9.69. The van der Waals surface area contributed by atoms with Crippen LogP contribution in [0.1, 0.15) is 32.6 Å². The third-order valence-corrected chi connectivity index (χ3v) is 1.36. The van der Waals surface area contributed by atoms with Gasteiger partial charge in [0.15, 0.2) is 0 Å². The van der Waals surface area contributed by atoms with Crippen molar-refractivity contribution in [3.8, 4) is 0 Å². The lowest BCUT2D eigenvalue weighted by molar-refractivity contribution is 0.296. The molecular weight excluding hydrogens is 146 g/mol. The van der Waals surface area contributed by atoms with Crippen molar-refractivity contribution in [3.05, 3.63) is 0 Å². The van der Waals surface area contributed by atoms with Crippen LogP contribution in [0.4, 0.5) is 0 Å². The summed E-state index contributed by atoms with van der Waals surface area (Å²) in [6, 6.07) is 0. The molecule has 0 radical (unpaired) electrons. The fourth-order valence-corrected chi connectivity index (χ4v) is 0.785. The van der Waals surface area contributed by atoms with Crippen molar-refractivity contribution in [2.45, 2.75) is 32.6 Å². The molecule has 0 heterocycles. The number of ether oxygens (including phenoxy) is 1. The van der Waals surface area contributed by atoms with Crippen LogP contribution in [0.2, 0.25) is 0 Å². The Labute approximate surface area is 67.7 Å². The largest absolute Gasteiger partial charge is 0.471 e. The summed E-state index contributed by atoms with van der Waals surface area (Å²) in [5.41, 5.74) is 5.12. The minimum Gasteiger partial charge on any atom is -0.471 e. The number of nitrogens with two attached hydrogens (primary N) is 1. The normalized spacial score (nSPS) is 9.30. The Bertz CT molecular complexity index is 95.6. The maximum Gasteiger partial charge on any atom is 0.253 e. The molecule has 0 saturated heterocycles. The van der Waals surface area contributed by atoms with E-state index in [-0.39, 0.29) is 5.17 Å². The smallest absolute Gasteiger partial charge is 0.253 e. The molecule has 3 heteroatoms. The summed E-state index contributed by atoms with van der Waals surface area (Å²) in [6.45, 7) is 2.85. The second-order valence-electron chi connectivity index (χ2n) is 2.23. The predicted molar refractivity (Wildman–Crippen MR) is 46.9 cm³/mol. The molecule has 0 aromatic heterocycles. The Balaban J connectivity index is 2.84. The van der Waals surface area contributed by atoms with Crippen LogP contribution in [0, 0.1) is 0 Å². The summed E-state index contributed by atoms with van der Waals surface area (Å²) >= 11 is 4.53. The quantitative estimate of drug-likeness (QED) is 0.493. The monoisotopic (exact) mass is 161 g/mol. The fourth-order valence-electron chi connectivity index (χ4n) is 0.702.